The molecule has 2 aromatic carbocycles. The number of aryl methyl sites for hydroxylation is 2. The Hall–Kier alpha value is -3.46. The van der Waals surface area contributed by atoms with Crippen molar-refractivity contribution in [2.75, 3.05) is 5.32 Å². The lowest BCUT2D eigenvalue weighted by molar-refractivity contribution is 0.0919. The fourth-order valence-electron chi connectivity index (χ4n) is 4.19. The summed E-state index contributed by atoms with van der Waals surface area (Å²) in [7, 11) is 0. The number of rotatable bonds is 7. The molecule has 1 aliphatic rings. The Kier molecular flexibility index (Phi) is 7.97. The van der Waals surface area contributed by atoms with Gasteiger partial charge < -0.3 is 20.7 Å². The second-order valence-corrected chi connectivity index (χ2v) is 9.78. The molecule has 1 aliphatic carbocycles. The summed E-state index contributed by atoms with van der Waals surface area (Å²) in [5.74, 6) is 0.111. The number of carbonyl (C=O) groups is 2. The largest absolute Gasteiger partial charge is 0.486 e. The highest BCUT2D eigenvalue weighted by Gasteiger charge is 2.25. The zero-order chi connectivity index (χ0) is 24.8. The molecule has 184 valence electrons. The summed E-state index contributed by atoms with van der Waals surface area (Å²) in [6.07, 6.45) is 2.93. The van der Waals surface area contributed by atoms with E-state index < -0.39 is 11.8 Å². The van der Waals surface area contributed by atoms with E-state index in [4.69, 9.17) is 4.74 Å². The van der Waals surface area contributed by atoms with Crippen molar-refractivity contribution >= 4 is 29.0 Å². The Labute approximate surface area is 208 Å². The highest BCUT2D eigenvalue weighted by molar-refractivity contribution is 7.09. The summed E-state index contributed by atoms with van der Waals surface area (Å²) in [6, 6.07) is 11.6. The van der Waals surface area contributed by atoms with Gasteiger partial charge in [-0.3, -0.25) is 4.79 Å². The van der Waals surface area contributed by atoms with Crippen LogP contribution in [0.4, 0.5) is 14.9 Å². The first-order valence-electron chi connectivity index (χ1n) is 11.6. The van der Waals surface area contributed by atoms with Gasteiger partial charge in [0.05, 0.1) is 5.69 Å². The smallest absolute Gasteiger partial charge is 0.319 e. The van der Waals surface area contributed by atoms with Crippen molar-refractivity contribution in [2.45, 2.75) is 58.2 Å². The summed E-state index contributed by atoms with van der Waals surface area (Å²) < 4.78 is 19.5. The normalized spacial score (nSPS) is 17.5. The summed E-state index contributed by atoms with van der Waals surface area (Å²) >= 11 is 1.40. The Morgan fingerprint density at radius 3 is 2.37 bits per heavy atom. The number of urea groups is 1. The Morgan fingerprint density at radius 1 is 1.03 bits per heavy atom. The Bertz CT molecular complexity index is 1170. The molecule has 0 aliphatic heterocycles. The molecule has 0 atom stereocenters. The van der Waals surface area contributed by atoms with E-state index in [9.17, 15) is 14.0 Å². The number of thiazole rings is 1. The van der Waals surface area contributed by atoms with Crippen molar-refractivity contribution in [3.8, 4) is 5.75 Å². The number of amides is 3. The molecule has 0 unspecified atom stereocenters. The molecule has 9 heteroatoms. The standard InChI is InChI=1S/C26H29FN4O3S/c1-16-11-17(2)13-20(12-16)34-14-24-30-23(15-35-24)25(32)28-18-7-9-19(10-8-18)29-26(33)31-22-6-4-3-5-21(22)27/h3-6,11-13,15,18-19H,7-10,14H2,1-2H3,(H,28,32)(H2,29,31,33). The maximum absolute atomic E-state index is 13.7. The van der Waals surface area contributed by atoms with Crippen molar-refractivity contribution in [3.63, 3.8) is 0 Å². The van der Waals surface area contributed by atoms with Crippen LogP contribution in [0.25, 0.3) is 0 Å². The predicted molar refractivity (Wildman–Crippen MR) is 134 cm³/mol. The Balaban J connectivity index is 1.20. The van der Waals surface area contributed by atoms with Crippen LogP contribution in [0.2, 0.25) is 0 Å². The summed E-state index contributed by atoms with van der Waals surface area (Å²) in [5.41, 5.74) is 2.80. The van der Waals surface area contributed by atoms with E-state index in [2.05, 4.69) is 27.0 Å². The molecule has 1 aromatic heterocycles. The molecular weight excluding hydrogens is 467 g/mol. The van der Waals surface area contributed by atoms with Gasteiger partial charge in [0, 0.05) is 17.5 Å². The molecule has 1 saturated carbocycles. The molecule has 35 heavy (non-hydrogen) atoms. The molecule has 0 bridgehead atoms. The molecule has 7 nitrogen and oxygen atoms in total. The van der Waals surface area contributed by atoms with Gasteiger partial charge in [0.25, 0.3) is 5.91 Å². The number of hydrogen-bond donors (Lipinski definition) is 3. The quantitative estimate of drug-likeness (QED) is 0.412. The van der Waals surface area contributed by atoms with Gasteiger partial charge in [-0.2, -0.15) is 0 Å². The highest BCUT2D eigenvalue weighted by Crippen LogP contribution is 2.21. The molecule has 3 N–H and O–H groups in total. The summed E-state index contributed by atoms with van der Waals surface area (Å²) in [6.45, 7) is 4.36. The summed E-state index contributed by atoms with van der Waals surface area (Å²) in [5, 5.41) is 11.0. The van der Waals surface area contributed by atoms with Crippen LogP contribution in [-0.4, -0.2) is 29.0 Å². The van der Waals surface area contributed by atoms with E-state index in [-0.39, 0.29) is 23.7 Å². The average Bonchev–Trinajstić information content (AvgIpc) is 3.29. The molecular formula is C26H29FN4O3S. The fraction of sp³-hybridized carbons (Fsp3) is 0.346. The molecule has 3 aromatic rings. The first-order valence-corrected chi connectivity index (χ1v) is 12.5. The average molecular weight is 497 g/mol. The highest BCUT2D eigenvalue weighted by atomic mass is 32.1. The Morgan fingerprint density at radius 2 is 1.69 bits per heavy atom. The number of nitrogens with zero attached hydrogens (tertiary/aromatic N) is 1. The second-order valence-electron chi connectivity index (χ2n) is 8.84. The van der Waals surface area contributed by atoms with Gasteiger partial charge in [-0.1, -0.05) is 18.2 Å². The van der Waals surface area contributed by atoms with Gasteiger partial charge >= 0.3 is 6.03 Å². The predicted octanol–water partition coefficient (Wildman–Crippen LogP) is 5.34. The first-order chi connectivity index (χ1) is 16.9. The lowest BCUT2D eigenvalue weighted by atomic mass is 9.91. The molecule has 4 rings (SSSR count). The van der Waals surface area contributed by atoms with Crippen LogP contribution < -0.4 is 20.7 Å². The van der Waals surface area contributed by atoms with Crippen LogP contribution in [0.15, 0.2) is 47.8 Å². The van der Waals surface area contributed by atoms with Crippen molar-refractivity contribution < 1.29 is 18.7 Å². The van der Waals surface area contributed by atoms with Crippen LogP contribution in [-0.2, 0) is 6.61 Å². The number of ether oxygens (including phenoxy) is 1. The van der Waals surface area contributed by atoms with Crippen molar-refractivity contribution in [1.29, 1.82) is 0 Å². The minimum atomic E-state index is -0.476. The van der Waals surface area contributed by atoms with Gasteiger partial charge in [0.15, 0.2) is 0 Å². The van der Waals surface area contributed by atoms with E-state index in [1.165, 1.54) is 23.5 Å². The minimum absolute atomic E-state index is 0.0202. The lowest BCUT2D eigenvalue weighted by Gasteiger charge is -2.29. The maximum atomic E-state index is 13.7. The topological polar surface area (TPSA) is 92.3 Å². The number of aromatic nitrogens is 1. The molecule has 0 saturated heterocycles. The fourth-order valence-corrected chi connectivity index (χ4v) is 4.88. The van der Waals surface area contributed by atoms with E-state index in [0.717, 1.165) is 47.6 Å². The van der Waals surface area contributed by atoms with Gasteiger partial charge in [-0.05, 0) is 74.9 Å². The molecule has 1 heterocycles. The molecule has 3 amide bonds. The van der Waals surface area contributed by atoms with Crippen molar-refractivity contribution in [2.24, 2.45) is 0 Å². The lowest BCUT2D eigenvalue weighted by Crippen LogP contribution is -2.45. The van der Waals surface area contributed by atoms with Crippen LogP contribution in [0.1, 0.15) is 52.3 Å². The first kappa shape index (κ1) is 24.7. The van der Waals surface area contributed by atoms with E-state index in [1.807, 2.05) is 26.0 Å². The van der Waals surface area contributed by atoms with E-state index >= 15 is 0 Å². The third-order valence-electron chi connectivity index (χ3n) is 5.86. The monoisotopic (exact) mass is 496 g/mol. The SMILES string of the molecule is Cc1cc(C)cc(OCc2nc(C(=O)NC3CCC(NC(=O)Nc4ccccc4F)CC3)cs2)c1. The molecule has 0 radical (unpaired) electrons. The minimum Gasteiger partial charge on any atom is -0.486 e. The molecule has 0 spiro atoms. The van der Waals surface area contributed by atoms with Gasteiger partial charge in [0.2, 0.25) is 0 Å². The summed E-state index contributed by atoms with van der Waals surface area (Å²) in [4.78, 5) is 29.3. The molecule has 1 fully saturated rings. The zero-order valence-corrected chi connectivity index (χ0v) is 20.6. The van der Waals surface area contributed by atoms with Gasteiger partial charge in [-0.25, -0.2) is 14.2 Å². The van der Waals surface area contributed by atoms with Crippen LogP contribution in [0.3, 0.4) is 0 Å². The van der Waals surface area contributed by atoms with Crippen LogP contribution >= 0.6 is 11.3 Å². The van der Waals surface area contributed by atoms with Crippen molar-refractivity contribution in [3.05, 3.63) is 75.5 Å². The van der Waals surface area contributed by atoms with Gasteiger partial charge in [0.1, 0.15) is 28.9 Å². The third-order valence-corrected chi connectivity index (χ3v) is 6.68. The second kappa shape index (κ2) is 11.3. The maximum Gasteiger partial charge on any atom is 0.319 e. The number of nitrogens with one attached hydrogen (secondary N) is 3. The van der Waals surface area contributed by atoms with Crippen molar-refractivity contribution in [1.82, 2.24) is 15.6 Å². The number of carbonyl (C=O) groups excluding carboxylic acids is 2. The number of hydrogen-bond acceptors (Lipinski definition) is 5. The number of anilines is 1. The number of benzene rings is 2. The number of halogens is 1. The third kappa shape index (κ3) is 7.02. The van der Waals surface area contributed by atoms with E-state index in [0.29, 0.717) is 12.3 Å². The number of para-hydroxylation sites is 1. The van der Waals surface area contributed by atoms with Crippen LogP contribution in [0, 0.1) is 19.7 Å². The van der Waals surface area contributed by atoms with Crippen LogP contribution in [0.5, 0.6) is 5.75 Å². The zero-order valence-electron chi connectivity index (χ0n) is 19.8. The van der Waals surface area contributed by atoms with E-state index in [1.54, 1.807) is 17.5 Å². The van der Waals surface area contributed by atoms with Gasteiger partial charge in [-0.15, -0.1) is 11.3 Å².